The van der Waals surface area contributed by atoms with E-state index in [4.69, 9.17) is 4.74 Å². The predicted octanol–water partition coefficient (Wildman–Crippen LogP) is 2.72. The Morgan fingerprint density at radius 1 is 1.29 bits per heavy atom. The van der Waals surface area contributed by atoms with Gasteiger partial charge in [-0.2, -0.15) is 0 Å². The smallest absolute Gasteiger partial charge is 0.407 e. The van der Waals surface area contributed by atoms with Crippen LogP contribution in [0.5, 0.6) is 5.75 Å². The monoisotopic (exact) mass is 237 g/mol. The van der Waals surface area contributed by atoms with E-state index in [1.165, 1.54) is 7.11 Å². The van der Waals surface area contributed by atoms with E-state index in [-0.39, 0.29) is 0 Å². The number of methoxy groups -OCH3 is 1. The van der Waals surface area contributed by atoms with E-state index < -0.39 is 6.09 Å². The van der Waals surface area contributed by atoms with Crippen molar-refractivity contribution < 1.29 is 14.3 Å². The molecule has 0 saturated heterocycles. The molecule has 1 rings (SSSR count). The van der Waals surface area contributed by atoms with Gasteiger partial charge in [0, 0.05) is 6.54 Å². The Morgan fingerprint density at radius 3 is 2.59 bits per heavy atom. The van der Waals surface area contributed by atoms with E-state index in [1.807, 2.05) is 24.3 Å². The van der Waals surface area contributed by atoms with E-state index in [2.05, 4.69) is 17.0 Å². The first kappa shape index (κ1) is 13.4. The second-order valence-corrected chi connectivity index (χ2v) is 3.69. The number of benzene rings is 1. The summed E-state index contributed by atoms with van der Waals surface area (Å²) >= 11 is 0. The molecule has 4 nitrogen and oxygen atoms in total. The third kappa shape index (κ3) is 5.24. The van der Waals surface area contributed by atoms with Gasteiger partial charge in [-0.25, -0.2) is 4.79 Å². The van der Waals surface area contributed by atoms with Gasteiger partial charge in [0.15, 0.2) is 0 Å². The van der Waals surface area contributed by atoms with Crippen molar-refractivity contribution in [3.63, 3.8) is 0 Å². The zero-order valence-electron chi connectivity index (χ0n) is 10.4. The van der Waals surface area contributed by atoms with Gasteiger partial charge in [-0.15, -0.1) is 0 Å². The van der Waals surface area contributed by atoms with Gasteiger partial charge in [-0.05, 0) is 24.1 Å². The third-order valence-corrected chi connectivity index (χ3v) is 2.31. The van der Waals surface area contributed by atoms with Crippen molar-refractivity contribution in [2.45, 2.75) is 26.3 Å². The minimum Gasteiger partial charge on any atom is -0.494 e. The fourth-order valence-corrected chi connectivity index (χ4v) is 1.28. The van der Waals surface area contributed by atoms with Crippen LogP contribution in [0.15, 0.2) is 24.3 Å². The lowest BCUT2D eigenvalue weighted by Crippen LogP contribution is -2.22. The molecule has 0 aliphatic heterocycles. The minimum atomic E-state index is -0.423. The van der Waals surface area contributed by atoms with Gasteiger partial charge in [0.2, 0.25) is 0 Å². The number of rotatable bonds is 6. The molecule has 1 N–H and O–H groups in total. The number of hydrogen-bond acceptors (Lipinski definition) is 3. The number of nitrogens with one attached hydrogen (secondary N) is 1. The Kier molecular flexibility index (Phi) is 5.93. The molecule has 1 aromatic carbocycles. The molecular weight excluding hydrogens is 218 g/mol. The normalized spacial score (nSPS) is 9.76. The fourth-order valence-electron chi connectivity index (χ4n) is 1.28. The highest BCUT2D eigenvalue weighted by atomic mass is 16.5. The second-order valence-electron chi connectivity index (χ2n) is 3.69. The Labute approximate surface area is 102 Å². The fraction of sp³-hybridized carbons (Fsp3) is 0.462. The van der Waals surface area contributed by atoms with Gasteiger partial charge in [0.05, 0.1) is 13.7 Å². The Bertz CT molecular complexity index is 335. The summed E-state index contributed by atoms with van der Waals surface area (Å²) in [6.45, 7) is 3.34. The van der Waals surface area contributed by atoms with Crippen molar-refractivity contribution in [2.75, 3.05) is 13.7 Å². The molecule has 17 heavy (non-hydrogen) atoms. The molecule has 0 aliphatic carbocycles. The lowest BCUT2D eigenvalue weighted by atomic mass is 10.2. The van der Waals surface area contributed by atoms with E-state index in [0.717, 1.165) is 30.8 Å². The average molecular weight is 237 g/mol. The molecule has 94 valence electrons. The first-order valence-corrected chi connectivity index (χ1v) is 5.79. The van der Waals surface area contributed by atoms with Crippen LogP contribution in [0.3, 0.4) is 0 Å². The summed E-state index contributed by atoms with van der Waals surface area (Å²) in [6.07, 6.45) is 1.76. The molecular formula is C13H19NO3. The molecule has 0 bridgehead atoms. The molecule has 0 fully saturated rings. The molecule has 0 radical (unpaired) electrons. The molecule has 1 aromatic rings. The summed E-state index contributed by atoms with van der Waals surface area (Å²) in [6, 6.07) is 7.67. The van der Waals surface area contributed by atoms with Crippen LogP contribution < -0.4 is 10.1 Å². The molecule has 4 heteroatoms. The largest absolute Gasteiger partial charge is 0.494 e. The van der Waals surface area contributed by atoms with Crippen molar-refractivity contribution in [1.82, 2.24) is 5.32 Å². The second kappa shape index (κ2) is 7.54. The van der Waals surface area contributed by atoms with Crippen LogP contribution in [0.4, 0.5) is 4.79 Å². The Balaban J connectivity index is 2.36. The number of carbonyl (C=O) groups excluding carboxylic acids is 1. The standard InChI is InChI=1S/C13H19NO3/c1-3-4-9-17-12-7-5-11(6-8-12)10-14-13(15)16-2/h5-8H,3-4,9-10H2,1-2H3,(H,14,15). The number of alkyl carbamates (subject to hydrolysis) is 1. The zero-order valence-corrected chi connectivity index (χ0v) is 10.4. The molecule has 0 saturated carbocycles. The molecule has 0 aromatic heterocycles. The van der Waals surface area contributed by atoms with Crippen LogP contribution >= 0.6 is 0 Å². The molecule has 0 unspecified atom stereocenters. The summed E-state index contributed by atoms with van der Waals surface area (Å²) in [4.78, 5) is 10.9. The van der Waals surface area contributed by atoms with Crippen LogP contribution in [-0.4, -0.2) is 19.8 Å². The van der Waals surface area contributed by atoms with Crippen LogP contribution in [0.25, 0.3) is 0 Å². The SMILES string of the molecule is CCCCOc1ccc(CNC(=O)OC)cc1. The Hall–Kier alpha value is -1.71. The lowest BCUT2D eigenvalue weighted by Gasteiger charge is -2.07. The number of carbonyl (C=O) groups is 1. The molecule has 0 aliphatic rings. The maximum atomic E-state index is 10.9. The number of unbranched alkanes of at least 4 members (excludes halogenated alkanes) is 1. The maximum Gasteiger partial charge on any atom is 0.407 e. The summed E-state index contributed by atoms with van der Waals surface area (Å²) in [7, 11) is 1.35. The van der Waals surface area contributed by atoms with Crippen LogP contribution in [0.2, 0.25) is 0 Å². The number of ether oxygens (including phenoxy) is 2. The van der Waals surface area contributed by atoms with Crippen molar-refractivity contribution >= 4 is 6.09 Å². The van der Waals surface area contributed by atoms with Crippen LogP contribution in [-0.2, 0) is 11.3 Å². The van der Waals surface area contributed by atoms with Gasteiger partial charge in [-0.3, -0.25) is 0 Å². The highest BCUT2D eigenvalue weighted by molar-refractivity contribution is 5.66. The summed E-state index contributed by atoms with van der Waals surface area (Å²) in [5, 5.41) is 2.62. The van der Waals surface area contributed by atoms with Gasteiger partial charge in [-0.1, -0.05) is 25.5 Å². The number of hydrogen-bond donors (Lipinski definition) is 1. The van der Waals surface area contributed by atoms with E-state index in [9.17, 15) is 4.79 Å². The summed E-state index contributed by atoms with van der Waals surface area (Å²) in [5.41, 5.74) is 1.01. The van der Waals surface area contributed by atoms with Crippen LogP contribution in [0.1, 0.15) is 25.3 Å². The van der Waals surface area contributed by atoms with Crippen molar-refractivity contribution in [3.05, 3.63) is 29.8 Å². The molecule has 0 atom stereocenters. The first-order chi connectivity index (χ1) is 8.26. The van der Waals surface area contributed by atoms with Gasteiger partial charge < -0.3 is 14.8 Å². The van der Waals surface area contributed by atoms with E-state index >= 15 is 0 Å². The van der Waals surface area contributed by atoms with Crippen molar-refractivity contribution in [3.8, 4) is 5.75 Å². The third-order valence-electron chi connectivity index (χ3n) is 2.31. The highest BCUT2D eigenvalue weighted by Gasteiger charge is 1.99. The quantitative estimate of drug-likeness (QED) is 0.774. The van der Waals surface area contributed by atoms with Gasteiger partial charge in [0.1, 0.15) is 5.75 Å². The van der Waals surface area contributed by atoms with Crippen molar-refractivity contribution in [1.29, 1.82) is 0 Å². The predicted molar refractivity (Wildman–Crippen MR) is 66.1 cm³/mol. The molecule has 0 heterocycles. The topological polar surface area (TPSA) is 47.6 Å². The Morgan fingerprint density at radius 2 is 2.00 bits per heavy atom. The van der Waals surface area contributed by atoms with Crippen LogP contribution in [0, 0.1) is 0 Å². The highest BCUT2D eigenvalue weighted by Crippen LogP contribution is 2.12. The first-order valence-electron chi connectivity index (χ1n) is 5.79. The van der Waals surface area contributed by atoms with Crippen molar-refractivity contribution in [2.24, 2.45) is 0 Å². The van der Waals surface area contributed by atoms with E-state index in [0.29, 0.717) is 6.54 Å². The minimum absolute atomic E-state index is 0.423. The van der Waals surface area contributed by atoms with E-state index in [1.54, 1.807) is 0 Å². The average Bonchev–Trinajstić information content (AvgIpc) is 2.37. The van der Waals surface area contributed by atoms with Gasteiger partial charge >= 0.3 is 6.09 Å². The lowest BCUT2D eigenvalue weighted by molar-refractivity contribution is 0.170. The van der Waals surface area contributed by atoms with Gasteiger partial charge in [0.25, 0.3) is 0 Å². The maximum absolute atomic E-state index is 10.9. The zero-order chi connectivity index (χ0) is 12.5. The molecule has 1 amide bonds. The number of amides is 1. The molecule has 0 spiro atoms. The summed E-state index contributed by atoms with van der Waals surface area (Å²) < 4.78 is 10.0. The summed E-state index contributed by atoms with van der Waals surface area (Å²) in [5.74, 6) is 0.861.